The summed E-state index contributed by atoms with van der Waals surface area (Å²) in [7, 11) is 8.18. The van der Waals surface area contributed by atoms with Crippen LogP contribution in [0.1, 0.15) is 324 Å². The summed E-state index contributed by atoms with van der Waals surface area (Å²) in [6.45, 7) is 10.0. The first kappa shape index (κ1) is 3410. The molecular weight excluding hydrogens is 953 g/mol. The van der Waals surface area contributed by atoms with Gasteiger partial charge in [0.1, 0.15) is 6.79 Å². The van der Waals surface area contributed by atoms with Crippen molar-refractivity contribution in [1.82, 2.24) is 0 Å². The van der Waals surface area contributed by atoms with E-state index in [1.807, 2.05) is 34.6 Å². The second kappa shape index (κ2) is 19700. The van der Waals surface area contributed by atoms with E-state index in [0.717, 1.165) is 6.61 Å². The van der Waals surface area contributed by atoms with Crippen LogP contribution in [-0.2, 0) is 14.2 Å². The van der Waals surface area contributed by atoms with E-state index in [1.165, 1.54) is 0 Å². The van der Waals surface area contributed by atoms with E-state index in [2.05, 4.69) is 14.2 Å². The summed E-state index contributed by atoms with van der Waals surface area (Å²) in [6.07, 6.45) is 0. The van der Waals surface area contributed by atoms with Crippen LogP contribution in [0.15, 0.2) is 0 Å². The van der Waals surface area contributed by atoms with Gasteiger partial charge in [0.25, 0.3) is 0 Å². The Morgan fingerprint density at radius 1 is 0.208 bits per heavy atom. The molecule has 0 saturated carbocycles. The number of hydrogen-bond acceptors (Lipinski definition) is 5. The Morgan fingerprint density at radius 2 is 0.222 bits per heavy atom. The molecule has 0 amide bonds. The van der Waals surface area contributed by atoms with Crippen molar-refractivity contribution in [2.75, 3.05) is 48.9 Å². The van der Waals surface area contributed by atoms with Crippen LogP contribution in [0.3, 0.4) is 0 Å². The van der Waals surface area contributed by atoms with E-state index in [1.54, 1.807) is 35.5 Å². The molecule has 0 spiro atoms. The zero-order valence-electron chi connectivity index (χ0n) is 22.0. The molecule has 0 radical (unpaired) electrons. The summed E-state index contributed by atoms with van der Waals surface area (Å²) in [4.78, 5) is 0. The van der Waals surface area contributed by atoms with Gasteiger partial charge in [-0.05, 0) is 6.92 Å². The summed E-state index contributed by atoms with van der Waals surface area (Å²) in [6, 6.07) is 0. The van der Waals surface area contributed by atoms with Crippen molar-refractivity contribution in [3.8, 4) is 0 Å². The molecule has 0 aliphatic carbocycles. The van der Waals surface area contributed by atoms with Crippen LogP contribution >= 0.6 is 0 Å². The number of methoxy groups -OCH3 is 3. The first-order chi connectivity index (χ1) is 8.16. The quantitative estimate of drug-likeness (QED) is 0.241. The van der Waals surface area contributed by atoms with Crippen LogP contribution in [0, 0.1) is 0 Å². The molecule has 36 N–H and O–H groups in total. The average Bonchev–Trinajstić information content (AvgIpc) is 2.37. The largest absolute Gasteiger partial charge is 0.412 e. The second-order valence-corrected chi connectivity index (χ2v) is 1.54. The highest BCUT2D eigenvalue weighted by atomic mass is 16.5. The van der Waals surface area contributed by atoms with Crippen LogP contribution in [0.5, 0.6) is 0 Å². The molecule has 0 aromatic rings. The van der Waals surface area contributed by atoms with Crippen molar-refractivity contribution in [3.63, 3.8) is 0 Å². The number of hydrogen-bond donors (Lipinski definition) is 2. The minimum atomic E-state index is -0.750. The maximum Gasteiger partial charge on any atom is 0.140 e. The molecule has 0 aliphatic rings. The van der Waals surface area contributed by atoms with E-state index in [0.29, 0.717) is 0 Å². The Kier molecular flexibility index (Phi) is 936000. The summed E-state index contributed by atoms with van der Waals surface area (Å²) in [5.74, 6) is 0. The normalized spacial score (nSPS) is 1.33. The smallest absolute Gasteiger partial charge is 0.140 e. The summed E-state index contributed by atoms with van der Waals surface area (Å²) in [5, 5.41) is 14.2. The van der Waals surface area contributed by atoms with Crippen LogP contribution in [-0.4, -0.2) is 152 Å². The second-order valence-electron chi connectivity index (χ2n) is 1.54. The summed E-state index contributed by atoms with van der Waals surface area (Å²) >= 11 is 0. The molecule has 0 aliphatic heterocycles. The van der Waals surface area contributed by atoms with Gasteiger partial charge in [0.05, 0.1) is 0 Å². The van der Waals surface area contributed by atoms with Gasteiger partial charge in [-0.1, -0.05) is 310 Å². The predicted molar refractivity (Wildman–Crippen MR) is 403 cm³/mol. The zero-order valence-corrected chi connectivity index (χ0v) is 22.0. The molecule has 0 aromatic heterocycles. The van der Waals surface area contributed by atoms with Crippen molar-refractivity contribution in [2.45, 2.75) is 317 Å². The summed E-state index contributed by atoms with van der Waals surface area (Å²) < 4.78 is 13.0. The molecule has 22 nitrogen and oxygen atoms in total. The maximum absolute atomic E-state index is 7.12. The van der Waals surface area contributed by atoms with Gasteiger partial charge in [0.2, 0.25) is 0 Å². The van der Waals surface area contributed by atoms with E-state index >= 15 is 0 Å². The van der Waals surface area contributed by atoms with Crippen LogP contribution in [0.2, 0.25) is 0 Å². The third kappa shape index (κ3) is 22300000. The number of rotatable bonds is 1. The molecule has 0 rings (SSSR count). The topological polar surface area (TPSA) is 604 Å². The van der Waals surface area contributed by atoms with E-state index in [4.69, 9.17) is 10.2 Å². The Hall–Kier alpha value is -0.880. The Balaban J connectivity index is -0.000000000256. The van der Waals surface area contributed by atoms with Gasteiger partial charge in [-0.25, -0.2) is 0 Å². The zero-order chi connectivity index (χ0) is 15.5. The standard InChI is InChI=1S/C3H8O.2C2H6O.2C2H6.CH4O2.38CH4.17H2O.5H2/c1-3-4-2;2*1-3-2;2*1-2;2-1-3;;;;;;;;;;;;;;;;;;;;;;;;;;;;;;;;;;;;;;;;;;;;;;;;;;;;;;;;;;;;/h3H2,1-2H3;2*1-2H3;2*1-2H3;2-3H,1H2;38*1H4;17*1H2;5*1H. The molecule has 22 heteroatoms. The van der Waals surface area contributed by atoms with E-state index in [-0.39, 0.29) is 382 Å². The van der Waals surface area contributed by atoms with E-state index in [9.17, 15) is 0 Å². The molecular formula is C50H232O22. The maximum atomic E-state index is 7.12. The van der Waals surface area contributed by atoms with Gasteiger partial charge < -0.3 is 118 Å². The molecule has 0 atom stereocenters. The first-order valence-electron chi connectivity index (χ1n) is 5.67. The third-order valence-corrected chi connectivity index (χ3v) is 0.289. The van der Waals surface area contributed by atoms with Crippen molar-refractivity contribution < 1.29 is 125 Å². The highest BCUT2D eigenvalue weighted by Gasteiger charge is 1.51. The third-order valence-electron chi connectivity index (χ3n) is 0.289. The van der Waals surface area contributed by atoms with Gasteiger partial charge in [0.15, 0.2) is 0 Å². The molecule has 564 valence electrons. The van der Waals surface area contributed by atoms with Crippen molar-refractivity contribution in [3.05, 3.63) is 0 Å². The SMILES string of the molecule is C.C.C.C.C.C.C.C.C.C.C.C.C.C.C.C.C.C.C.C.C.C.C.C.C.C.C.C.C.C.C.C.C.C.C.C.C.C.CC.CC.CCOC.COC.COC.O.O.O.O.O.O.O.O.O.O.O.O.O.O.O.O.O.OCO.[HH].[HH].[HH].[HH].[HH]. The fourth-order valence-electron chi connectivity index (χ4n) is 0. The van der Waals surface area contributed by atoms with Gasteiger partial charge in [-0.3, -0.25) is 0 Å². The van der Waals surface area contributed by atoms with Gasteiger partial charge in [-0.15, -0.1) is 0 Å². The van der Waals surface area contributed by atoms with Crippen LogP contribution < -0.4 is 0 Å². The minimum absolute atomic E-state index is 0. The van der Waals surface area contributed by atoms with E-state index < -0.39 is 6.79 Å². The lowest BCUT2D eigenvalue weighted by molar-refractivity contribution is 0.0773. The Bertz CT molecular complexity index is 107. The highest BCUT2D eigenvalue weighted by molar-refractivity contribution is 3.94. The molecule has 0 fully saturated rings. The van der Waals surface area contributed by atoms with Crippen molar-refractivity contribution >= 4 is 0 Å². The van der Waals surface area contributed by atoms with Gasteiger partial charge >= 0.3 is 0 Å². The monoisotopic (exact) mass is 1190 g/mol. The number of ether oxygens (including phenoxy) is 3. The first-order valence-corrected chi connectivity index (χ1v) is 5.67. The average molecular weight is 1190 g/mol. The Morgan fingerprint density at radius 3 is 0.222 bits per heavy atom. The molecule has 72 heavy (non-hydrogen) atoms. The van der Waals surface area contributed by atoms with Crippen LogP contribution in [0.25, 0.3) is 0 Å². The molecule has 0 saturated heterocycles. The lowest BCUT2D eigenvalue weighted by Gasteiger charge is -1.76. The summed E-state index contributed by atoms with van der Waals surface area (Å²) in [5.41, 5.74) is 0. The fourth-order valence-corrected chi connectivity index (χ4v) is 0. The molecule has 0 bridgehead atoms. The molecule has 0 aromatic carbocycles. The lowest BCUT2D eigenvalue weighted by Crippen LogP contribution is -1.73. The van der Waals surface area contributed by atoms with Crippen molar-refractivity contribution in [2.24, 2.45) is 0 Å². The highest BCUT2D eigenvalue weighted by Crippen LogP contribution is 1.52. The number of aliphatic hydroxyl groups is 2. The molecule has 0 unspecified atom stereocenters. The predicted octanol–water partition coefficient (Wildman–Crippen LogP) is 13.5. The van der Waals surface area contributed by atoms with Gasteiger partial charge in [-0.2, -0.15) is 0 Å². The van der Waals surface area contributed by atoms with Crippen LogP contribution in [0.4, 0.5) is 0 Å². The Labute approximate surface area is 489 Å². The lowest BCUT2D eigenvalue weighted by atomic mass is 10.9. The minimum Gasteiger partial charge on any atom is -0.412 e. The fraction of sp³-hybridized carbons (Fsp3) is 1.00. The van der Waals surface area contributed by atoms with Gasteiger partial charge in [0, 0.05) is 49.3 Å². The number of aliphatic hydroxyl groups excluding tert-OH is 1. The van der Waals surface area contributed by atoms with Crippen molar-refractivity contribution in [1.29, 1.82) is 0 Å². The molecule has 0 heterocycles.